The van der Waals surface area contributed by atoms with E-state index < -0.39 is 0 Å². The number of carbonyl (C=O) groups is 1. The summed E-state index contributed by atoms with van der Waals surface area (Å²) in [5.74, 6) is 0.877. The molecule has 1 amide bonds. The van der Waals surface area contributed by atoms with Crippen molar-refractivity contribution in [3.05, 3.63) is 24.3 Å². The van der Waals surface area contributed by atoms with E-state index in [-0.39, 0.29) is 11.2 Å². The number of hydrogen-bond acceptors (Lipinski definition) is 6. The molecule has 1 heterocycles. The molecular weight excluding hydrogens is 374 g/mol. The van der Waals surface area contributed by atoms with Gasteiger partial charge in [0.1, 0.15) is 11.4 Å². The van der Waals surface area contributed by atoms with Crippen molar-refractivity contribution in [2.45, 2.75) is 69.3 Å². The fourth-order valence-corrected chi connectivity index (χ4v) is 4.61. The number of hydrogen-bond donors (Lipinski definition) is 0. The highest BCUT2D eigenvalue weighted by Gasteiger charge is 2.29. The maximum Gasteiger partial charge on any atom is 0.236 e. The van der Waals surface area contributed by atoms with E-state index in [2.05, 4.69) is 22.4 Å². The van der Waals surface area contributed by atoms with Gasteiger partial charge < -0.3 is 9.64 Å². The second-order valence-electron chi connectivity index (χ2n) is 6.95. The molecule has 2 aromatic rings. The normalized spacial score (nSPS) is 16.0. The molecule has 0 aliphatic heterocycles. The Labute approximate surface area is 170 Å². The molecule has 0 saturated heterocycles. The summed E-state index contributed by atoms with van der Waals surface area (Å²) in [7, 11) is 0. The van der Waals surface area contributed by atoms with Crippen molar-refractivity contribution in [1.29, 1.82) is 0 Å². The van der Waals surface area contributed by atoms with E-state index >= 15 is 0 Å². The zero-order chi connectivity index (χ0) is 19.9. The minimum absolute atomic E-state index is 0.159. The van der Waals surface area contributed by atoms with Crippen LogP contribution in [0.4, 0.5) is 0 Å². The number of aromatic nitrogens is 4. The van der Waals surface area contributed by atoms with E-state index in [1.54, 1.807) is 4.68 Å². The number of nitrogens with zero attached hydrogens (tertiary/aromatic N) is 5. The predicted octanol–water partition coefficient (Wildman–Crippen LogP) is 3.72. The maximum absolute atomic E-state index is 13.1. The van der Waals surface area contributed by atoms with Gasteiger partial charge in [-0.2, -0.15) is 4.68 Å². The van der Waals surface area contributed by atoms with Gasteiger partial charge in [0.2, 0.25) is 11.1 Å². The van der Waals surface area contributed by atoms with Crippen LogP contribution >= 0.6 is 11.8 Å². The first kappa shape index (κ1) is 20.6. The van der Waals surface area contributed by atoms with Gasteiger partial charge >= 0.3 is 0 Å². The number of para-hydroxylation sites is 2. The van der Waals surface area contributed by atoms with E-state index in [1.807, 2.05) is 43.0 Å². The topological polar surface area (TPSA) is 73.1 Å². The Balaban J connectivity index is 1.75. The van der Waals surface area contributed by atoms with E-state index in [0.717, 1.165) is 30.8 Å². The lowest BCUT2D eigenvalue weighted by molar-refractivity contribution is -0.133. The summed E-state index contributed by atoms with van der Waals surface area (Å²) in [5.41, 5.74) is 0.774. The van der Waals surface area contributed by atoms with Crippen LogP contribution in [0.3, 0.4) is 0 Å². The van der Waals surface area contributed by atoms with Crippen LogP contribution in [0.5, 0.6) is 5.75 Å². The molecule has 1 aromatic heterocycles. The lowest BCUT2D eigenvalue weighted by Gasteiger charge is -2.35. The van der Waals surface area contributed by atoms with Gasteiger partial charge in [-0.1, -0.05) is 43.2 Å². The summed E-state index contributed by atoms with van der Waals surface area (Å²) < 4.78 is 7.35. The molecule has 7 nitrogen and oxygen atoms in total. The summed E-state index contributed by atoms with van der Waals surface area (Å²) >= 11 is 1.39. The highest BCUT2D eigenvalue weighted by atomic mass is 32.2. The van der Waals surface area contributed by atoms with Crippen LogP contribution in [0.25, 0.3) is 5.69 Å². The largest absolute Gasteiger partial charge is 0.492 e. The molecule has 0 N–H and O–H groups in total. The average molecular weight is 404 g/mol. The SMILES string of the molecule is CCOc1ccccc1-n1nnnc1SC(C)C(=O)N(CC)C1CCCCC1. The second-order valence-corrected chi connectivity index (χ2v) is 8.26. The summed E-state index contributed by atoms with van der Waals surface area (Å²) in [5, 5.41) is 12.4. The highest BCUT2D eigenvalue weighted by Crippen LogP contribution is 2.30. The summed E-state index contributed by atoms with van der Waals surface area (Å²) in [6.45, 7) is 7.24. The second kappa shape index (κ2) is 9.91. The third kappa shape index (κ3) is 4.66. The van der Waals surface area contributed by atoms with Crippen molar-refractivity contribution in [2.75, 3.05) is 13.2 Å². The fourth-order valence-electron chi connectivity index (χ4n) is 3.74. The van der Waals surface area contributed by atoms with Gasteiger partial charge in [-0.3, -0.25) is 4.79 Å². The third-order valence-corrected chi connectivity index (χ3v) is 6.12. The molecule has 1 aliphatic carbocycles. The molecular formula is C20H29N5O2S. The van der Waals surface area contributed by atoms with Crippen molar-refractivity contribution in [1.82, 2.24) is 25.1 Å². The van der Waals surface area contributed by atoms with Crippen molar-refractivity contribution in [2.24, 2.45) is 0 Å². The van der Waals surface area contributed by atoms with Gasteiger partial charge in [-0.25, -0.2) is 0 Å². The van der Waals surface area contributed by atoms with Crippen molar-refractivity contribution in [3.63, 3.8) is 0 Å². The molecule has 28 heavy (non-hydrogen) atoms. The molecule has 1 fully saturated rings. The molecule has 152 valence electrons. The van der Waals surface area contributed by atoms with Gasteiger partial charge in [0.15, 0.2) is 0 Å². The van der Waals surface area contributed by atoms with Crippen LogP contribution in [0.2, 0.25) is 0 Å². The molecule has 1 aromatic carbocycles. The molecule has 3 rings (SSSR count). The zero-order valence-corrected chi connectivity index (χ0v) is 17.7. The standard InChI is InChI=1S/C20H29N5O2S/c1-4-24(16-11-7-6-8-12-16)19(26)15(3)28-20-21-22-23-25(20)17-13-9-10-14-18(17)27-5-2/h9-10,13-16H,4-8,11-12H2,1-3H3. The first-order valence-electron chi connectivity index (χ1n) is 10.1. The lowest BCUT2D eigenvalue weighted by atomic mass is 9.94. The molecule has 8 heteroatoms. The predicted molar refractivity (Wildman–Crippen MR) is 110 cm³/mol. The van der Waals surface area contributed by atoms with Crippen LogP contribution in [0.15, 0.2) is 29.4 Å². The van der Waals surface area contributed by atoms with E-state index in [1.165, 1.54) is 31.0 Å². The minimum Gasteiger partial charge on any atom is -0.492 e. The molecule has 1 saturated carbocycles. The first-order chi connectivity index (χ1) is 13.7. The van der Waals surface area contributed by atoms with Crippen molar-refractivity contribution in [3.8, 4) is 11.4 Å². The van der Waals surface area contributed by atoms with Gasteiger partial charge in [0, 0.05) is 12.6 Å². The quantitative estimate of drug-likeness (QED) is 0.626. The molecule has 0 spiro atoms. The molecule has 0 radical (unpaired) electrons. The summed E-state index contributed by atoms with van der Waals surface area (Å²) in [6.07, 6.45) is 5.91. The Hall–Kier alpha value is -2.09. The molecule has 1 aliphatic rings. The van der Waals surface area contributed by atoms with Gasteiger partial charge in [0.25, 0.3) is 0 Å². The Morgan fingerprint density at radius 2 is 2.04 bits per heavy atom. The van der Waals surface area contributed by atoms with Crippen LogP contribution in [0, 0.1) is 0 Å². The van der Waals surface area contributed by atoms with Crippen LogP contribution < -0.4 is 4.74 Å². The number of carbonyl (C=O) groups excluding carboxylic acids is 1. The van der Waals surface area contributed by atoms with E-state index in [9.17, 15) is 4.79 Å². The summed E-state index contributed by atoms with van der Waals surface area (Å²) in [4.78, 5) is 15.2. The monoisotopic (exact) mass is 403 g/mol. The van der Waals surface area contributed by atoms with E-state index in [4.69, 9.17) is 4.74 Å². The van der Waals surface area contributed by atoms with E-state index in [0.29, 0.717) is 17.8 Å². The number of ether oxygens (including phenoxy) is 1. The van der Waals surface area contributed by atoms with Crippen molar-refractivity contribution >= 4 is 17.7 Å². The molecule has 0 bridgehead atoms. The third-order valence-electron chi connectivity index (χ3n) is 5.10. The Morgan fingerprint density at radius 1 is 1.29 bits per heavy atom. The van der Waals surface area contributed by atoms with Gasteiger partial charge in [-0.05, 0) is 56.2 Å². The van der Waals surface area contributed by atoms with Crippen LogP contribution in [-0.2, 0) is 4.79 Å². The van der Waals surface area contributed by atoms with Gasteiger partial charge in [-0.15, -0.1) is 5.10 Å². The number of benzene rings is 1. The number of rotatable bonds is 8. The Morgan fingerprint density at radius 3 is 2.75 bits per heavy atom. The molecule has 1 unspecified atom stereocenters. The fraction of sp³-hybridized carbons (Fsp3) is 0.600. The zero-order valence-electron chi connectivity index (χ0n) is 16.9. The molecule has 1 atom stereocenters. The first-order valence-corrected chi connectivity index (χ1v) is 11.0. The number of tetrazole rings is 1. The maximum atomic E-state index is 13.1. The summed E-state index contributed by atoms with van der Waals surface area (Å²) in [6, 6.07) is 8.01. The van der Waals surface area contributed by atoms with Gasteiger partial charge in [0.05, 0.1) is 11.9 Å². The Bertz CT molecular complexity index is 775. The smallest absolute Gasteiger partial charge is 0.236 e. The average Bonchev–Trinajstić information content (AvgIpc) is 3.18. The highest BCUT2D eigenvalue weighted by molar-refractivity contribution is 8.00. The lowest BCUT2D eigenvalue weighted by Crippen LogP contribution is -2.44. The number of amides is 1. The Kier molecular flexibility index (Phi) is 7.30. The van der Waals surface area contributed by atoms with Crippen molar-refractivity contribution < 1.29 is 9.53 Å². The minimum atomic E-state index is -0.258. The van der Waals surface area contributed by atoms with Crippen LogP contribution in [-0.4, -0.2) is 55.5 Å². The van der Waals surface area contributed by atoms with Crippen LogP contribution in [0.1, 0.15) is 52.9 Å². The number of thioether (sulfide) groups is 1.